The third-order valence-electron chi connectivity index (χ3n) is 6.36. The molecule has 0 saturated heterocycles. The van der Waals surface area contributed by atoms with Gasteiger partial charge in [0.05, 0.1) is 14.8 Å². The molecule has 12 heteroatoms. The summed E-state index contributed by atoms with van der Waals surface area (Å²) in [5, 5.41) is 65.1. The molecule has 4 aromatic carbocycles. The Morgan fingerprint density at radius 3 is 0.846 bits per heavy atom. The van der Waals surface area contributed by atoms with E-state index in [4.69, 9.17) is 0 Å². The van der Waals surface area contributed by atoms with Gasteiger partial charge in [0.25, 0.3) is 0 Å². The third kappa shape index (κ3) is 4.90. The zero-order valence-electron chi connectivity index (χ0n) is 20.8. The fraction of sp³-hybridized carbons (Fsp3) is 0.111. The molecule has 0 fully saturated rings. The van der Waals surface area contributed by atoms with E-state index in [1.807, 2.05) is 0 Å². The Morgan fingerprint density at radius 2 is 0.641 bits per heavy atom. The number of nitro benzene ring substituents is 3. The van der Waals surface area contributed by atoms with Crippen molar-refractivity contribution in [2.24, 2.45) is 0 Å². The van der Waals surface area contributed by atoms with Crippen LogP contribution in [0.15, 0.2) is 54.6 Å². The van der Waals surface area contributed by atoms with Crippen LogP contribution in [0.4, 0.5) is 17.1 Å². The van der Waals surface area contributed by atoms with Crippen LogP contribution in [-0.2, 0) is 0 Å². The highest BCUT2D eigenvalue weighted by molar-refractivity contribution is 5.84. The van der Waals surface area contributed by atoms with Crippen molar-refractivity contribution >= 4 is 17.1 Å². The van der Waals surface area contributed by atoms with E-state index in [1.54, 1.807) is 18.2 Å². The predicted molar refractivity (Wildman–Crippen MR) is 142 cm³/mol. The van der Waals surface area contributed by atoms with Crippen molar-refractivity contribution in [2.75, 3.05) is 0 Å². The Labute approximate surface area is 220 Å². The van der Waals surface area contributed by atoms with Crippen molar-refractivity contribution in [1.29, 1.82) is 0 Å². The minimum Gasteiger partial charge on any atom is -0.502 e. The van der Waals surface area contributed by atoms with Crippen molar-refractivity contribution in [3.63, 3.8) is 0 Å². The number of nitrogens with zero attached hydrogens (tertiary/aromatic N) is 3. The van der Waals surface area contributed by atoms with Crippen LogP contribution in [0.5, 0.6) is 17.2 Å². The van der Waals surface area contributed by atoms with Gasteiger partial charge in [-0.1, -0.05) is 0 Å². The van der Waals surface area contributed by atoms with Crippen molar-refractivity contribution in [3.05, 3.63) is 102 Å². The van der Waals surface area contributed by atoms with E-state index in [-0.39, 0.29) is 16.7 Å². The maximum atomic E-state index is 11.5. The second-order valence-electron chi connectivity index (χ2n) is 9.05. The highest BCUT2D eigenvalue weighted by Crippen LogP contribution is 2.42. The summed E-state index contributed by atoms with van der Waals surface area (Å²) in [4.78, 5) is 32.5. The SMILES string of the molecule is Cc1cc(-c2cc(-c3cc(C)c(O)c([N+](=O)[O-])c3)cc(-c3cc(C)c(O)c([N+](=O)[O-])c3)c2)cc([N+](=O)[O-])c1O. The molecule has 0 radical (unpaired) electrons. The second-order valence-corrected chi connectivity index (χ2v) is 9.05. The average molecular weight is 531 g/mol. The van der Waals surface area contributed by atoms with Gasteiger partial charge in [-0.2, -0.15) is 0 Å². The molecule has 198 valence electrons. The van der Waals surface area contributed by atoms with Crippen molar-refractivity contribution in [2.45, 2.75) is 20.8 Å². The summed E-state index contributed by atoms with van der Waals surface area (Å²) in [6, 6.07) is 13.0. The van der Waals surface area contributed by atoms with E-state index in [9.17, 15) is 45.7 Å². The van der Waals surface area contributed by atoms with E-state index in [0.29, 0.717) is 33.4 Å². The average Bonchev–Trinajstić information content (AvgIpc) is 2.87. The first-order chi connectivity index (χ1) is 18.3. The first-order valence-electron chi connectivity index (χ1n) is 11.4. The molecule has 4 rings (SSSR count). The fourth-order valence-corrected chi connectivity index (χ4v) is 4.33. The lowest BCUT2D eigenvalue weighted by Gasteiger charge is -2.14. The molecule has 0 saturated carbocycles. The molecule has 0 aliphatic heterocycles. The molecule has 0 atom stereocenters. The van der Waals surface area contributed by atoms with Crippen LogP contribution in [0, 0.1) is 51.1 Å². The van der Waals surface area contributed by atoms with Gasteiger partial charge in [-0.15, -0.1) is 0 Å². The molecule has 4 aromatic rings. The smallest absolute Gasteiger partial charge is 0.311 e. The number of phenols is 3. The number of hydrogen-bond donors (Lipinski definition) is 3. The van der Waals surface area contributed by atoms with Crippen molar-refractivity contribution < 1.29 is 30.1 Å². The van der Waals surface area contributed by atoms with Gasteiger partial charge in [0, 0.05) is 18.2 Å². The minimum absolute atomic E-state index is 0.235. The Morgan fingerprint density at radius 1 is 0.436 bits per heavy atom. The van der Waals surface area contributed by atoms with Gasteiger partial charge < -0.3 is 15.3 Å². The monoisotopic (exact) mass is 531 g/mol. The van der Waals surface area contributed by atoms with E-state index in [0.717, 1.165) is 0 Å². The van der Waals surface area contributed by atoms with Crippen LogP contribution in [0.25, 0.3) is 33.4 Å². The van der Waals surface area contributed by atoms with Gasteiger partial charge in [-0.25, -0.2) is 0 Å². The van der Waals surface area contributed by atoms with Crippen LogP contribution >= 0.6 is 0 Å². The summed E-state index contributed by atoms with van der Waals surface area (Å²) >= 11 is 0. The van der Waals surface area contributed by atoms with Crippen LogP contribution in [0.1, 0.15) is 16.7 Å². The molecule has 0 heterocycles. The highest BCUT2D eigenvalue weighted by atomic mass is 16.6. The minimum atomic E-state index is -0.726. The quantitative estimate of drug-likeness (QED) is 0.185. The number of aromatic hydroxyl groups is 3. The van der Waals surface area contributed by atoms with Crippen LogP contribution < -0.4 is 0 Å². The number of phenolic OH excluding ortho intramolecular Hbond substituents is 3. The summed E-state index contributed by atoms with van der Waals surface area (Å²) in [7, 11) is 0. The summed E-state index contributed by atoms with van der Waals surface area (Å²) in [6.45, 7) is 4.49. The summed E-state index contributed by atoms with van der Waals surface area (Å²) < 4.78 is 0. The van der Waals surface area contributed by atoms with Crippen LogP contribution in [-0.4, -0.2) is 30.1 Å². The number of benzene rings is 4. The Hall–Kier alpha value is -5.52. The van der Waals surface area contributed by atoms with E-state index in [1.165, 1.54) is 57.2 Å². The highest BCUT2D eigenvalue weighted by Gasteiger charge is 2.22. The van der Waals surface area contributed by atoms with Gasteiger partial charge in [-0.05, 0) is 107 Å². The molecule has 0 amide bonds. The normalized spacial score (nSPS) is 10.8. The lowest BCUT2D eigenvalue weighted by Crippen LogP contribution is -1.95. The number of aryl methyl sites for hydroxylation is 3. The molecule has 0 aromatic heterocycles. The van der Waals surface area contributed by atoms with Gasteiger partial charge in [0.15, 0.2) is 17.2 Å². The molecule has 3 N–H and O–H groups in total. The molecule has 39 heavy (non-hydrogen) atoms. The van der Waals surface area contributed by atoms with E-state index >= 15 is 0 Å². The molecular weight excluding hydrogens is 510 g/mol. The molecule has 12 nitrogen and oxygen atoms in total. The van der Waals surface area contributed by atoms with Gasteiger partial charge in [0.1, 0.15) is 0 Å². The molecule has 0 aliphatic carbocycles. The van der Waals surface area contributed by atoms with Crippen molar-refractivity contribution in [1.82, 2.24) is 0 Å². The van der Waals surface area contributed by atoms with Gasteiger partial charge >= 0.3 is 17.1 Å². The molecule has 0 bridgehead atoms. The zero-order valence-corrected chi connectivity index (χ0v) is 20.8. The number of rotatable bonds is 6. The standard InChI is InChI=1S/C27H21N3O9/c1-13-4-16(10-22(25(13)31)28(34)35)19-7-20(17-5-14(2)26(32)23(11-17)29(36)37)9-21(8-19)18-6-15(3)27(33)24(12-18)30(38)39/h4-12,31-33H,1-3H3. The molecule has 0 spiro atoms. The van der Waals surface area contributed by atoms with Crippen LogP contribution in [0.2, 0.25) is 0 Å². The maximum Gasteiger partial charge on any atom is 0.311 e. The Kier molecular flexibility index (Phi) is 6.63. The topological polar surface area (TPSA) is 190 Å². The zero-order chi connectivity index (χ0) is 28.8. The van der Waals surface area contributed by atoms with Gasteiger partial charge in [0.2, 0.25) is 0 Å². The number of nitro groups is 3. The van der Waals surface area contributed by atoms with Crippen molar-refractivity contribution in [3.8, 4) is 50.6 Å². The fourth-order valence-electron chi connectivity index (χ4n) is 4.33. The third-order valence-corrected chi connectivity index (χ3v) is 6.36. The predicted octanol–water partition coefficient (Wildman–Crippen LogP) is 6.45. The largest absolute Gasteiger partial charge is 0.502 e. The first kappa shape index (κ1) is 26.5. The lowest BCUT2D eigenvalue weighted by molar-refractivity contribution is -0.386. The van der Waals surface area contributed by atoms with E-state index in [2.05, 4.69) is 0 Å². The lowest BCUT2D eigenvalue weighted by atomic mass is 9.91. The Bertz CT molecular complexity index is 1500. The molecular formula is C27H21N3O9. The molecule has 0 unspecified atom stereocenters. The second kappa shape index (κ2) is 9.74. The molecule has 0 aliphatic rings. The van der Waals surface area contributed by atoms with Crippen LogP contribution in [0.3, 0.4) is 0 Å². The first-order valence-corrected chi connectivity index (χ1v) is 11.4. The summed E-state index contributed by atoms with van der Waals surface area (Å²) in [6.07, 6.45) is 0. The maximum absolute atomic E-state index is 11.5. The summed E-state index contributed by atoms with van der Waals surface area (Å²) in [5.74, 6) is -1.47. The number of hydrogen-bond acceptors (Lipinski definition) is 9. The van der Waals surface area contributed by atoms with Gasteiger partial charge in [-0.3, -0.25) is 30.3 Å². The summed E-state index contributed by atoms with van der Waals surface area (Å²) in [5.41, 5.74) is 1.40. The van der Waals surface area contributed by atoms with E-state index < -0.39 is 49.1 Å². The Balaban J connectivity index is 2.06.